The number of rotatable bonds is 2. The highest BCUT2D eigenvalue weighted by atomic mass is 19.1. The van der Waals surface area contributed by atoms with Gasteiger partial charge in [-0.1, -0.05) is 6.07 Å². The van der Waals surface area contributed by atoms with Crippen molar-refractivity contribution in [2.75, 3.05) is 0 Å². The molecule has 3 rings (SSSR count). The molecule has 3 aromatic rings. The van der Waals surface area contributed by atoms with Crippen molar-refractivity contribution in [2.45, 2.75) is 6.92 Å². The van der Waals surface area contributed by atoms with Gasteiger partial charge in [0, 0.05) is 12.1 Å². The Morgan fingerprint density at radius 1 is 1.22 bits per heavy atom. The van der Waals surface area contributed by atoms with Crippen LogP contribution in [0.4, 0.5) is 4.39 Å². The Hall–Kier alpha value is -2.43. The highest BCUT2D eigenvalue weighted by Gasteiger charge is 2.04. The van der Waals surface area contributed by atoms with Crippen LogP contribution in [0.3, 0.4) is 0 Å². The topological polar surface area (TPSA) is 39.4 Å². The molecule has 0 saturated carbocycles. The predicted molar refractivity (Wildman–Crippen MR) is 64.2 cm³/mol. The Labute approximate surface area is 103 Å². The van der Waals surface area contributed by atoms with Crippen molar-refractivity contribution in [3.8, 4) is 11.6 Å². The van der Waals surface area contributed by atoms with Crippen LogP contribution in [0.2, 0.25) is 0 Å². The van der Waals surface area contributed by atoms with Crippen molar-refractivity contribution >= 4 is 5.65 Å². The highest BCUT2D eigenvalue weighted by molar-refractivity contribution is 5.40. The largest absolute Gasteiger partial charge is 0.437 e. The summed E-state index contributed by atoms with van der Waals surface area (Å²) in [5, 5.41) is 4.27. The molecular formula is C13H10FN3O. The van der Waals surface area contributed by atoms with Gasteiger partial charge in [0.05, 0.1) is 11.9 Å². The summed E-state index contributed by atoms with van der Waals surface area (Å²) in [4.78, 5) is 4.17. The fourth-order valence-corrected chi connectivity index (χ4v) is 1.68. The van der Waals surface area contributed by atoms with Gasteiger partial charge in [0.2, 0.25) is 5.88 Å². The number of aryl methyl sites for hydroxylation is 1. The molecule has 0 atom stereocenters. The number of aromatic nitrogens is 3. The van der Waals surface area contributed by atoms with Crippen LogP contribution in [0.15, 0.2) is 42.6 Å². The van der Waals surface area contributed by atoms with Crippen LogP contribution in [-0.2, 0) is 0 Å². The Morgan fingerprint density at radius 3 is 2.94 bits per heavy atom. The fraction of sp³-hybridized carbons (Fsp3) is 0.0769. The Bertz CT molecular complexity index is 708. The molecule has 90 valence electrons. The zero-order chi connectivity index (χ0) is 12.5. The van der Waals surface area contributed by atoms with Crippen LogP contribution in [-0.4, -0.2) is 14.6 Å². The molecule has 1 aromatic carbocycles. The van der Waals surface area contributed by atoms with Crippen LogP contribution < -0.4 is 4.74 Å². The fourth-order valence-electron chi connectivity index (χ4n) is 1.68. The smallest absolute Gasteiger partial charge is 0.237 e. The molecule has 0 N–H and O–H groups in total. The molecule has 0 aliphatic carbocycles. The van der Waals surface area contributed by atoms with Gasteiger partial charge >= 0.3 is 0 Å². The SMILES string of the molecule is Cc1cnc2ccc(Oc3cccc(F)c3)nn12. The maximum Gasteiger partial charge on any atom is 0.237 e. The number of fused-ring (bicyclic) bond motifs is 1. The Balaban J connectivity index is 1.97. The van der Waals surface area contributed by atoms with Crippen molar-refractivity contribution in [1.82, 2.24) is 14.6 Å². The van der Waals surface area contributed by atoms with Gasteiger partial charge in [-0.15, -0.1) is 5.10 Å². The average Bonchev–Trinajstić information content (AvgIpc) is 2.71. The standard InChI is InChI=1S/C13H10FN3O/c1-9-8-15-12-5-6-13(16-17(9)12)18-11-4-2-3-10(14)7-11/h2-8H,1H3. The minimum Gasteiger partial charge on any atom is -0.437 e. The van der Waals surface area contributed by atoms with E-state index >= 15 is 0 Å². The van der Waals surface area contributed by atoms with E-state index in [4.69, 9.17) is 4.74 Å². The first-order valence-electron chi connectivity index (χ1n) is 5.47. The zero-order valence-corrected chi connectivity index (χ0v) is 9.67. The van der Waals surface area contributed by atoms with Gasteiger partial charge in [0.1, 0.15) is 11.6 Å². The number of imidazole rings is 1. The lowest BCUT2D eigenvalue weighted by Gasteiger charge is -2.05. The summed E-state index contributed by atoms with van der Waals surface area (Å²) in [6.07, 6.45) is 1.73. The van der Waals surface area contributed by atoms with Crippen molar-refractivity contribution in [2.24, 2.45) is 0 Å². The van der Waals surface area contributed by atoms with E-state index in [0.717, 1.165) is 11.3 Å². The molecular weight excluding hydrogens is 233 g/mol. The number of hydrogen-bond acceptors (Lipinski definition) is 3. The summed E-state index contributed by atoms with van der Waals surface area (Å²) >= 11 is 0. The van der Waals surface area contributed by atoms with Crippen LogP contribution in [0.5, 0.6) is 11.6 Å². The molecule has 5 heteroatoms. The van der Waals surface area contributed by atoms with Crippen LogP contribution in [0.1, 0.15) is 5.69 Å². The predicted octanol–water partition coefficient (Wildman–Crippen LogP) is 2.97. The monoisotopic (exact) mass is 243 g/mol. The second-order valence-corrected chi connectivity index (χ2v) is 3.90. The highest BCUT2D eigenvalue weighted by Crippen LogP contribution is 2.20. The molecule has 0 bridgehead atoms. The molecule has 0 aliphatic rings. The van der Waals surface area contributed by atoms with E-state index in [1.165, 1.54) is 12.1 Å². The van der Waals surface area contributed by atoms with Gasteiger partial charge in [-0.05, 0) is 25.1 Å². The molecule has 18 heavy (non-hydrogen) atoms. The molecule has 2 heterocycles. The summed E-state index contributed by atoms with van der Waals surface area (Å²) in [5.74, 6) is 0.473. The zero-order valence-electron chi connectivity index (χ0n) is 9.67. The van der Waals surface area contributed by atoms with Crippen LogP contribution >= 0.6 is 0 Å². The number of ether oxygens (including phenoxy) is 1. The molecule has 0 unspecified atom stereocenters. The van der Waals surface area contributed by atoms with Crippen molar-refractivity contribution < 1.29 is 9.13 Å². The van der Waals surface area contributed by atoms with E-state index in [1.54, 1.807) is 35.0 Å². The van der Waals surface area contributed by atoms with Gasteiger partial charge in [-0.25, -0.2) is 13.9 Å². The summed E-state index contributed by atoms with van der Waals surface area (Å²) in [5.41, 5.74) is 1.66. The number of hydrogen-bond donors (Lipinski definition) is 0. The maximum atomic E-state index is 13.0. The van der Waals surface area contributed by atoms with E-state index in [9.17, 15) is 4.39 Å². The first kappa shape index (κ1) is 10.7. The van der Waals surface area contributed by atoms with E-state index < -0.39 is 0 Å². The van der Waals surface area contributed by atoms with Gasteiger partial charge in [-0.3, -0.25) is 0 Å². The Kier molecular flexibility index (Phi) is 2.44. The number of halogens is 1. The molecule has 0 spiro atoms. The molecule has 4 nitrogen and oxygen atoms in total. The van der Waals surface area contributed by atoms with E-state index in [1.807, 2.05) is 6.92 Å². The molecule has 2 aromatic heterocycles. The van der Waals surface area contributed by atoms with Gasteiger partial charge in [0.15, 0.2) is 5.65 Å². The minimum absolute atomic E-state index is 0.340. The molecule has 0 amide bonds. The van der Waals surface area contributed by atoms with Crippen molar-refractivity contribution in [1.29, 1.82) is 0 Å². The molecule has 0 aliphatic heterocycles. The average molecular weight is 243 g/mol. The molecule has 0 fully saturated rings. The summed E-state index contributed by atoms with van der Waals surface area (Å²) in [6.45, 7) is 1.90. The first-order chi connectivity index (χ1) is 8.72. The number of nitrogens with zero attached hydrogens (tertiary/aromatic N) is 3. The van der Waals surface area contributed by atoms with Crippen molar-refractivity contribution in [3.63, 3.8) is 0 Å². The van der Waals surface area contributed by atoms with E-state index in [2.05, 4.69) is 10.1 Å². The van der Waals surface area contributed by atoms with Crippen LogP contribution in [0.25, 0.3) is 5.65 Å². The normalized spacial score (nSPS) is 10.8. The van der Waals surface area contributed by atoms with E-state index in [0.29, 0.717) is 11.6 Å². The summed E-state index contributed by atoms with van der Waals surface area (Å²) in [7, 11) is 0. The van der Waals surface area contributed by atoms with Crippen molar-refractivity contribution in [3.05, 3.63) is 54.1 Å². The van der Waals surface area contributed by atoms with Crippen LogP contribution in [0, 0.1) is 12.7 Å². The van der Waals surface area contributed by atoms with Gasteiger partial charge < -0.3 is 4.74 Å². The van der Waals surface area contributed by atoms with Gasteiger partial charge in [-0.2, -0.15) is 0 Å². The van der Waals surface area contributed by atoms with E-state index in [-0.39, 0.29) is 5.82 Å². The lowest BCUT2D eigenvalue weighted by molar-refractivity contribution is 0.447. The summed E-state index contributed by atoms with van der Waals surface area (Å²) < 4.78 is 20.2. The minimum atomic E-state index is -0.340. The third kappa shape index (κ3) is 1.90. The second kappa shape index (κ2) is 4.10. The van der Waals surface area contributed by atoms with Gasteiger partial charge in [0.25, 0.3) is 0 Å². The number of benzene rings is 1. The second-order valence-electron chi connectivity index (χ2n) is 3.90. The summed E-state index contributed by atoms with van der Waals surface area (Å²) in [6, 6.07) is 9.44. The molecule has 0 radical (unpaired) electrons. The lowest BCUT2D eigenvalue weighted by atomic mass is 10.3. The Morgan fingerprint density at radius 2 is 2.11 bits per heavy atom. The third-order valence-electron chi connectivity index (χ3n) is 2.53. The molecule has 0 saturated heterocycles. The quantitative estimate of drug-likeness (QED) is 0.694. The maximum absolute atomic E-state index is 13.0. The first-order valence-corrected chi connectivity index (χ1v) is 5.47. The third-order valence-corrected chi connectivity index (χ3v) is 2.53. The lowest BCUT2D eigenvalue weighted by Crippen LogP contribution is -1.97.